The quantitative estimate of drug-likeness (QED) is 0.485. The van der Waals surface area contributed by atoms with Crippen molar-refractivity contribution in [3.63, 3.8) is 0 Å². The van der Waals surface area contributed by atoms with Crippen LogP contribution in [0.4, 0.5) is 0 Å². The number of hydrogen-bond donors (Lipinski definition) is 0. The molecule has 0 radical (unpaired) electrons. The third-order valence-corrected chi connectivity index (χ3v) is 8.69. The Morgan fingerprint density at radius 2 is 1.52 bits per heavy atom. The Morgan fingerprint density at radius 1 is 0.815 bits per heavy atom. The van der Waals surface area contributed by atoms with Crippen molar-refractivity contribution in [2.24, 2.45) is 17.8 Å². The van der Waals surface area contributed by atoms with Gasteiger partial charge in [0.15, 0.2) is 0 Å². The molecule has 0 amide bonds. The average molecular weight is 353 g/mol. The second-order valence-corrected chi connectivity index (χ2v) is 9.52. The molecule has 2 aromatic rings. The zero-order valence-electron chi connectivity index (χ0n) is 16.8. The molecule has 0 fully saturated rings. The summed E-state index contributed by atoms with van der Waals surface area (Å²) in [6.07, 6.45) is 2.47. The lowest BCUT2D eigenvalue weighted by atomic mass is 9.65. The summed E-state index contributed by atoms with van der Waals surface area (Å²) in [4.78, 5) is 0. The predicted molar refractivity (Wildman–Crippen MR) is 113 cm³/mol. The summed E-state index contributed by atoms with van der Waals surface area (Å²) in [7, 11) is 0. The first-order valence-corrected chi connectivity index (χ1v) is 10.7. The van der Waals surface area contributed by atoms with Crippen molar-refractivity contribution in [3.05, 3.63) is 87.5 Å². The smallest absolute Gasteiger partial charge is 0.0463 e. The van der Waals surface area contributed by atoms with Gasteiger partial charge < -0.3 is 0 Å². The Hall–Kier alpha value is -2.08. The molecule has 27 heavy (non-hydrogen) atoms. The van der Waals surface area contributed by atoms with Crippen LogP contribution in [0, 0.1) is 17.8 Å². The summed E-state index contributed by atoms with van der Waals surface area (Å²) < 4.78 is 0. The molecule has 0 N–H and O–H groups in total. The summed E-state index contributed by atoms with van der Waals surface area (Å²) in [5.41, 5.74) is 13.2. The summed E-state index contributed by atoms with van der Waals surface area (Å²) in [6.45, 7) is 9.85. The molecule has 0 saturated carbocycles. The molecule has 4 aliphatic rings. The van der Waals surface area contributed by atoms with Crippen molar-refractivity contribution in [3.8, 4) is 0 Å². The van der Waals surface area contributed by atoms with E-state index in [0.29, 0.717) is 11.8 Å². The van der Waals surface area contributed by atoms with Crippen LogP contribution < -0.4 is 0 Å². The number of rotatable bonds is 0. The van der Waals surface area contributed by atoms with Gasteiger partial charge in [-0.3, -0.25) is 0 Å². The van der Waals surface area contributed by atoms with Gasteiger partial charge in [-0.15, -0.1) is 0 Å². The highest BCUT2D eigenvalue weighted by Gasteiger charge is 2.58. The maximum Gasteiger partial charge on any atom is 0.0463 e. The standard InChI is InChI=1S/C27H28/c1-15-13-22-21(16(15)2)14-25-26(22)20-10-6-8-12-24(20)27(25)18(4)17(3)19-9-5-7-11-23(19)27/h5-12,15-18H,13-14H2,1-4H3/t15-,16-,17-,18+,27?/m0/s1. The molecule has 0 saturated heterocycles. The minimum absolute atomic E-state index is 0.0925. The lowest BCUT2D eigenvalue weighted by Crippen LogP contribution is -2.33. The molecule has 136 valence electrons. The zero-order valence-corrected chi connectivity index (χ0v) is 16.8. The number of allylic oxidation sites excluding steroid dienone is 4. The molecule has 4 aliphatic carbocycles. The molecule has 1 unspecified atom stereocenters. The van der Waals surface area contributed by atoms with Crippen molar-refractivity contribution in [1.29, 1.82) is 0 Å². The van der Waals surface area contributed by atoms with E-state index >= 15 is 0 Å². The van der Waals surface area contributed by atoms with Gasteiger partial charge >= 0.3 is 0 Å². The fraction of sp³-hybridized carbons (Fsp3) is 0.407. The molecule has 0 nitrogen and oxygen atoms in total. The second kappa shape index (κ2) is 5.04. The highest BCUT2D eigenvalue weighted by Crippen LogP contribution is 2.68. The van der Waals surface area contributed by atoms with Gasteiger partial charge in [0.1, 0.15) is 0 Å². The van der Waals surface area contributed by atoms with Crippen LogP contribution in [0.3, 0.4) is 0 Å². The number of hydrogen-bond acceptors (Lipinski definition) is 0. The topological polar surface area (TPSA) is 0 Å². The van der Waals surface area contributed by atoms with E-state index in [4.69, 9.17) is 0 Å². The van der Waals surface area contributed by atoms with Crippen molar-refractivity contribution in [2.45, 2.75) is 51.9 Å². The minimum Gasteiger partial charge on any atom is -0.0620 e. The molecule has 6 rings (SSSR count). The van der Waals surface area contributed by atoms with Gasteiger partial charge in [0.25, 0.3) is 0 Å². The molecular weight excluding hydrogens is 324 g/mol. The van der Waals surface area contributed by atoms with Crippen LogP contribution in [0.5, 0.6) is 0 Å². The zero-order chi connectivity index (χ0) is 18.5. The van der Waals surface area contributed by atoms with E-state index in [0.717, 1.165) is 11.8 Å². The first-order valence-electron chi connectivity index (χ1n) is 10.7. The number of fused-ring (bicyclic) bond motifs is 7. The SMILES string of the molecule is C[C@@H]1C2=C(C[C@@H]1C)C1=C(C2)C2(c3ccccc31)c1ccccc1[C@@H](C)[C@H]2C. The first kappa shape index (κ1) is 15.9. The fourth-order valence-corrected chi connectivity index (χ4v) is 7.08. The van der Waals surface area contributed by atoms with Crippen LogP contribution >= 0.6 is 0 Å². The highest BCUT2D eigenvalue weighted by atomic mass is 14.6. The van der Waals surface area contributed by atoms with Gasteiger partial charge in [0.05, 0.1) is 0 Å². The second-order valence-electron chi connectivity index (χ2n) is 9.52. The molecule has 5 atom stereocenters. The van der Waals surface area contributed by atoms with E-state index in [2.05, 4.69) is 76.2 Å². The van der Waals surface area contributed by atoms with Gasteiger partial charge in [-0.1, -0.05) is 81.8 Å². The van der Waals surface area contributed by atoms with Crippen molar-refractivity contribution < 1.29 is 0 Å². The van der Waals surface area contributed by atoms with E-state index in [1.54, 1.807) is 39.0 Å². The maximum atomic E-state index is 2.51. The Kier molecular flexibility index (Phi) is 2.97. The first-order chi connectivity index (χ1) is 13.1. The van der Waals surface area contributed by atoms with Crippen molar-refractivity contribution in [2.75, 3.05) is 0 Å². The maximum absolute atomic E-state index is 2.51. The summed E-state index contributed by atoms with van der Waals surface area (Å²) in [5, 5.41) is 0. The average Bonchev–Trinajstić information content (AvgIpc) is 3.34. The van der Waals surface area contributed by atoms with E-state index in [9.17, 15) is 0 Å². The molecule has 0 heterocycles. The van der Waals surface area contributed by atoms with Crippen LogP contribution in [0.15, 0.2) is 65.3 Å². The Bertz CT molecular complexity index is 1050. The lowest BCUT2D eigenvalue weighted by Gasteiger charge is -2.37. The van der Waals surface area contributed by atoms with E-state index in [1.807, 2.05) is 0 Å². The van der Waals surface area contributed by atoms with E-state index in [-0.39, 0.29) is 5.41 Å². The van der Waals surface area contributed by atoms with Crippen LogP contribution in [0.2, 0.25) is 0 Å². The van der Waals surface area contributed by atoms with Crippen LogP contribution in [-0.4, -0.2) is 0 Å². The van der Waals surface area contributed by atoms with Gasteiger partial charge in [-0.2, -0.15) is 0 Å². The molecular formula is C27H28. The van der Waals surface area contributed by atoms with Crippen molar-refractivity contribution in [1.82, 2.24) is 0 Å². The Balaban J connectivity index is 1.69. The Morgan fingerprint density at radius 3 is 2.33 bits per heavy atom. The molecule has 0 heteroatoms. The van der Waals surface area contributed by atoms with Gasteiger partial charge in [-0.05, 0) is 75.5 Å². The summed E-state index contributed by atoms with van der Waals surface area (Å²) in [5.74, 6) is 2.74. The molecule has 0 aliphatic heterocycles. The van der Waals surface area contributed by atoms with Crippen LogP contribution in [-0.2, 0) is 5.41 Å². The fourth-order valence-electron chi connectivity index (χ4n) is 7.08. The van der Waals surface area contributed by atoms with Crippen LogP contribution in [0.1, 0.15) is 68.7 Å². The van der Waals surface area contributed by atoms with Gasteiger partial charge in [0.2, 0.25) is 0 Å². The third kappa shape index (κ3) is 1.63. The van der Waals surface area contributed by atoms with Gasteiger partial charge in [-0.25, -0.2) is 0 Å². The van der Waals surface area contributed by atoms with Crippen molar-refractivity contribution >= 4 is 5.57 Å². The highest BCUT2D eigenvalue weighted by molar-refractivity contribution is 5.95. The molecule has 1 spiro atoms. The molecule has 0 aromatic heterocycles. The predicted octanol–water partition coefficient (Wildman–Crippen LogP) is 6.87. The largest absolute Gasteiger partial charge is 0.0620 e. The minimum atomic E-state index is 0.0925. The molecule has 0 bridgehead atoms. The van der Waals surface area contributed by atoms with Gasteiger partial charge in [0, 0.05) is 5.41 Å². The van der Waals surface area contributed by atoms with E-state index < -0.39 is 0 Å². The third-order valence-electron chi connectivity index (χ3n) is 8.69. The monoisotopic (exact) mass is 352 g/mol. The normalized spacial score (nSPS) is 35.7. The summed E-state index contributed by atoms with van der Waals surface area (Å²) >= 11 is 0. The van der Waals surface area contributed by atoms with E-state index in [1.165, 1.54) is 18.4 Å². The summed E-state index contributed by atoms with van der Waals surface area (Å²) in [6, 6.07) is 18.6. The number of benzene rings is 2. The molecule has 2 aromatic carbocycles. The lowest BCUT2D eigenvalue weighted by molar-refractivity contribution is 0.385. The van der Waals surface area contributed by atoms with Crippen LogP contribution in [0.25, 0.3) is 5.57 Å². The Labute approximate surface area is 163 Å².